The monoisotopic (exact) mass is 282 g/mol. The maximum atomic E-state index is 11.2. The number of hydrogen-bond acceptors (Lipinski definition) is 5. The summed E-state index contributed by atoms with van der Waals surface area (Å²) in [5.41, 5.74) is -0.475. The van der Waals surface area contributed by atoms with Crippen LogP contribution in [0.15, 0.2) is 0 Å². The van der Waals surface area contributed by atoms with Crippen molar-refractivity contribution in [3.8, 4) is 0 Å². The number of alkyl halides is 1. The van der Waals surface area contributed by atoms with Gasteiger partial charge in [0.05, 0.1) is 33.0 Å². The number of rotatable bonds is 10. The van der Waals surface area contributed by atoms with E-state index in [1.165, 1.54) is 0 Å². The molecule has 0 aromatic heterocycles. The second-order valence-electron chi connectivity index (χ2n) is 4.55. The van der Waals surface area contributed by atoms with E-state index in [-0.39, 0.29) is 12.6 Å². The molecule has 0 bridgehead atoms. The molecule has 0 radical (unpaired) electrons. The molecular weight excluding hydrogens is 260 g/mol. The smallest absolute Gasteiger partial charge is 0.332 e. The van der Waals surface area contributed by atoms with Crippen LogP contribution in [0, 0.1) is 0 Å². The predicted molar refractivity (Wildman–Crippen MR) is 69.0 cm³/mol. The van der Waals surface area contributed by atoms with Crippen molar-refractivity contribution in [3.63, 3.8) is 0 Å². The molecule has 0 amide bonds. The summed E-state index contributed by atoms with van der Waals surface area (Å²) in [7, 11) is 0. The van der Waals surface area contributed by atoms with Crippen molar-refractivity contribution in [2.45, 2.75) is 26.4 Å². The summed E-state index contributed by atoms with van der Waals surface area (Å²) in [6.07, 6.45) is 0. The summed E-state index contributed by atoms with van der Waals surface area (Å²) in [5.74, 6) is 0.117. The Bertz CT molecular complexity index is 215. The summed E-state index contributed by atoms with van der Waals surface area (Å²) < 4.78 is 20.5. The van der Waals surface area contributed by atoms with E-state index in [2.05, 4.69) is 0 Å². The molecule has 0 aliphatic carbocycles. The first kappa shape index (κ1) is 17.6. The summed E-state index contributed by atoms with van der Waals surface area (Å²) in [5, 5.41) is 0. The Balaban J connectivity index is 3.23. The minimum Gasteiger partial charge on any atom is -0.458 e. The first-order valence-corrected chi connectivity index (χ1v) is 6.50. The molecule has 0 saturated heterocycles. The molecule has 0 aliphatic heterocycles. The van der Waals surface area contributed by atoms with Crippen molar-refractivity contribution >= 4 is 17.6 Å². The lowest BCUT2D eigenvalue weighted by Gasteiger charge is -2.19. The number of carbonyl (C=O) groups excluding carboxylic acids is 1. The highest BCUT2D eigenvalue weighted by Crippen LogP contribution is 2.06. The van der Waals surface area contributed by atoms with Gasteiger partial charge in [-0.2, -0.15) is 0 Å². The Morgan fingerprint density at radius 3 is 1.94 bits per heavy atom. The first-order valence-electron chi connectivity index (χ1n) is 5.97. The molecule has 5 nitrogen and oxygen atoms in total. The third-order valence-electron chi connectivity index (χ3n) is 1.61. The molecule has 0 aliphatic rings. The molecule has 0 saturated carbocycles. The SMILES string of the molecule is CC(C)(C)OC(=O)COCCOCCOCCCl. The van der Waals surface area contributed by atoms with E-state index in [9.17, 15) is 4.79 Å². The zero-order chi connectivity index (χ0) is 13.9. The molecule has 6 heteroatoms. The van der Waals surface area contributed by atoms with Crippen molar-refractivity contribution in [1.82, 2.24) is 0 Å². The zero-order valence-corrected chi connectivity index (χ0v) is 12.1. The lowest BCUT2D eigenvalue weighted by molar-refractivity contribution is -0.160. The number of hydrogen-bond donors (Lipinski definition) is 0. The van der Waals surface area contributed by atoms with Crippen LogP contribution in [0.3, 0.4) is 0 Å². The third kappa shape index (κ3) is 13.7. The van der Waals surface area contributed by atoms with Crippen molar-refractivity contribution in [1.29, 1.82) is 0 Å². The molecule has 0 atom stereocenters. The van der Waals surface area contributed by atoms with Gasteiger partial charge in [0.25, 0.3) is 0 Å². The molecule has 0 aromatic rings. The number of carbonyl (C=O) groups is 1. The number of esters is 1. The molecule has 108 valence electrons. The summed E-state index contributed by atoms with van der Waals surface area (Å²) in [6, 6.07) is 0. The van der Waals surface area contributed by atoms with Gasteiger partial charge in [0.1, 0.15) is 12.2 Å². The molecule has 0 rings (SSSR count). The molecule has 0 fully saturated rings. The average Bonchev–Trinajstić information content (AvgIpc) is 2.24. The topological polar surface area (TPSA) is 54.0 Å². The highest BCUT2D eigenvalue weighted by atomic mass is 35.5. The van der Waals surface area contributed by atoms with Crippen LogP contribution in [0.2, 0.25) is 0 Å². The Morgan fingerprint density at radius 2 is 1.44 bits per heavy atom. The molecule has 18 heavy (non-hydrogen) atoms. The van der Waals surface area contributed by atoms with E-state index in [0.29, 0.717) is 38.9 Å². The first-order chi connectivity index (χ1) is 8.45. The van der Waals surface area contributed by atoms with E-state index < -0.39 is 5.60 Å². The second kappa shape index (κ2) is 10.6. The fraction of sp³-hybridized carbons (Fsp3) is 0.917. The van der Waals surface area contributed by atoms with Crippen molar-refractivity contribution in [2.75, 3.05) is 45.5 Å². The van der Waals surface area contributed by atoms with Gasteiger partial charge in [0, 0.05) is 5.88 Å². The molecule has 0 unspecified atom stereocenters. The molecule has 0 heterocycles. The molecule has 0 aromatic carbocycles. The van der Waals surface area contributed by atoms with Gasteiger partial charge in [-0.1, -0.05) is 0 Å². The Hall–Kier alpha value is -0.360. The fourth-order valence-corrected chi connectivity index (χ4v) is 1.13. The van der Waals surface area contributed by atoms with E-state index in [1.807, 2.05) is 20.8 Å². The Kier molecular flexibility index (Phi) is 10.3. The standard InChI is InChI=1S/C12H23ClO5/c1-12(2,3)18-11(14)10-17-9-8-16-7-6-15-5-4-13/h4-10H2,1-3H3. The van der Waals surface area contributed by atoms with Crippen LogP contribution >= 0.6 is 11.6 Å². The second-order valence-corrected chi connectivity index (χ2v) is 4.93. The summed E-state index contributed by atoms with van der Waals surface area (Å²) >= 11 is 5.43. The van der Waals surface area contributed by atoms with Gasteiger partial charge in [-0.3, -0.25) is 0 Å². The third-order valence-corrected chi connectivity index (χ3v) is 1.76. The van der Waals surface area contributed by atoms with Crippen LogP contribution < -0.4 is 0 Å². The lowest BCUT2D eigenvalue weighted by atomic mass is 10.2. The minimum absolute atomic E-state index is 0.0522. The van der Waals surface area contributed by atoms with Gasteiger partial charge in [0.2, 0.25) is 0 Å². The number of ether oxygens (including phenoxy) is 4. The van der Waals surface area contributed by atoms with Gasteiger partial charge >= 0.3 is 5.97 Å². The van der Waals surface area contributed by atoms with E-state index in [1.54, 1.807) is 0 Å². The van der Waals surface area contributed by atoms with Crippen LogP contribution in [0.1, 0.15) is 20.8 Å². The van der Waals surface area contributed by atoms with E-state index >= 15 is 0 Å². The van der Waals surface area contributed by atoms with Gasteiger partial charge in [-0.15, -0.1) is 11.6 Å². The maximum absolute atomic E-state index is 11.2. The van der Waals surface area contributed by atoms with Crippen LogP contribution in [0.5, 0.6) is 0 Å². The molecule has 0 N–H and O–H groups in total. The Morgan fingerprint density at radius 1 is 0.944 bits per heavy atom. The van der Waals surface area contributed by atoms with Crippen molar-refractivity contribution in [2.24, 2.45) is 0 Å². The van der Waals surface area contributed by atoms with Gasteiger partial charge < -0.3 is 18.9 Å². The highest BCUT2D eigenvalue weighted by Gasteiger charge is 2.15. The van der Waals surface area contributed by atoms with Crippen LogP contribution in [-0.2, 0) is 23.7 Å². The van der Waals surface area contributed by atoms with E-state index in [0.717, 1.165) is 0 Å². The average molecular weight is 283 g/mol. The predicted octanol–water partition coefficient (Wildman–Crippen LogP) is 1.62. The van der Waals surface area contributed by atoms with E-state index in [4.69, 9.17) is 30.5 Å². The highest BCUT2D eigenvalue weighted by molar-refractivity contribution is 6.17. The minimum atomic E-state index is -0.475. The quantitative estimate of drug-likeness (QED) is 0.346. The summed E-state index contributed by atoms with van der Waals surface area (Å²) in [4.78, 5) is 11.2. The zero-order valence-electron chi connectivity index (χ0n) is 11.4. The summed E-state index contributed by atoms with van der Waals surface area (Å²) in [6.45, 7) is 7.70. The Labute approximate surface area is 114 Å². The molecule has 0 spiro atoms. The molecular formula is C12H23ClO5. The van der Waals surface area contributed by atoms with Gasteiger partial charge in [-0.05, 0) is 20.8 Å². The fourth-order valence-electron chi connectivity index (χ4n) is 1.02. The van der Waals surface area contributed by atoms with Crippen LogP contribution in [0.4, 0.5) is 0 Å². The van der Waals surface area contributed by atoms with Crippen LogP contribution in [0.25, 0.3) is 0 Å². The maximum Gasteiger partial charge on any atom is 0.332 e. The normalized spacial score (nSPS) is 11.6. The number of halogens is 1. The van der Waals surface area contributed by atoms with Gasteiger partial charge in [0.15, 0.2) is 0 Å². The van der Waals surface area contributed by atoms with Crippen molar-refractivity contribution < 1.29 is 23.7 Å². The largest absolute Gasteiger partial charge is 0.458 e. The van der Waals surface area contributed by atoms with Gasteiger partial charge in [-0.25, -0.2) is 4.79 Å². The van der Waals surface area contributed by atoms with Crippen LogP contribution in [-0.4, -0.2) is 57.1 Å². The van der Waals surface area contributed by atoms with Crippen molar-refractivity contribution in [3.05, 3.63) is 0 Å². The lowest BCUT2D eigenvalue weighted by Crippen LogP contribution is -2.27.